The molecule has 0 saturated heterocycles. The van der Waals surface area contributed by atoms with Crippen molar-refractivity contribution in [1.82, 2.24) is 0 Å². The first kappa shape index (κ1) is 23.1. The van der Waals surface area contributed by atoms with Gasteiger partial charge in [0.15, 0.2) is 6.01 Å². The summed E-state index contributed by atoms with van der Waals surface area (Å²) >= 11 is 0. The maximum absolute atomic E-state index is 14.4. The van der Waals surface area contributed by atoms with Gasteiger partial charge in [0.05, 0.1) is 11.6 Å². The van der Waals surface area contributed by atoms with Crippen LogP contribution in [0.1, 0.15) is 18.4 Å². The van der Waals surface area contributed by atoms with Crippen molar-refractivity contribution in [1.29, 1.82) is 10.5 Å². The molecule has 0 aromatic heterocycles. The number of nitriles is 2. The Morgan fingerprint density at radius 1 is 1.33 bits per heavy atom. The van der Waals surface area contributed by atoms with Crippen LogP contribution in [0.3, 0.4) is 0 Å². The molecule has 0 aliphatic heterocycles. The van der Waals surface area contributed by atoms with Gasteiger partial charge in [-0.2, -0.15) is 10.5 Å². The number of ether oxygens (including phenoxy) is 1. The van der Waals surface area contributed by atoms with E-state index in [9.17, 15) is 26.9 Å². The van der Waals surface area contributed by atoms with Crippen LogP contribution in [0.5, 0.6) is 5.75 Å². The van der Waals surface area contributed by atoms with Gasteiger partial charge < -0.3 is 9.84 Å². The monoisotopic (exact) mass is 441 g/mol. The lowest BCUT2D eigenvalue weighted by Crippen LogP contribution is -2.35. The Balaban J connectivity index is 2.61. The standard InChI is InChI=1S/C19H15F4N3O3S/c1-12-8-19(22,23)18(27)7-16(30(28,10-20)26-11-25)2-3-17(12)29-15-5-13(9-24)4-14(21)6-15/h2-6,18,27H,1,7-8,10H2/b16-2+,17-3+/t18-,30?/m0/s1. The number of hydrogen-bond donors (Lipinski definition) is 1. The van der Waals surface area contributed by atoms with Gasteiger partial charge in [-0.3, -0.25) is 0 Å². The van der Waals surface area contributed by atoms with Crippen molar-refractivity contribution >= 4 is 9.73 Å². The summed E-state index contributed by atoms with van der Waals surface area (Å²) in [6.45, 7) is 3.48. The quantitative estimate of drug-likeness (QED) is 0.560. The lowest BCUT2D eigenvalue weighted by Gasteiger charge is -2.24. The molecule has 2 atom stereocenters. The van der Waals surface area contributed by atoms with Gasteiger partial charge in [0, 0.05) is 23.8 Å². The van der Waals surface area contributed by atoms with Crippen LogP contribution in [0.15, 0.2) is 57.5 Å². The molecule has 1 N–H and O–H groups in total. The normalized spacial score (nSPS) is 24.2. The molecular formula is C19H15F4N3O3S. The van der Waals surface area contributed by atoms with Crippen molar-refractivity contribution in [3.05, 3.63) is 64.5 Å². The lowest BCUT2D eigenvalue weighted by molar-refractivity contribution is -0.105. The minimum Gasteiger partial charge on any atom is -0.457 e. The van der Waals surface area contributed by atoms with Crippen molar-refractivity contribution < 1.29 is 31.6 Å². The fraction of sp³-hybridized carbons (Fsp3) is 0.263. The first-order valence-electron chi connectivity index (χ1n) is 8.27. The first-order valence-corrected chi connectivity index (χ1v) is 9.95. The number of allylic oxidation sites excluding steroid dienone is 3. The van der Waals surface area contributed by atoms with E-state index in [1.165, 1.54) is 6.19 Å². The summed E-state index contributed by atoms with van der Waals surface area (Å²) in [4.78, 5) is -0.536. The summed E-state index contributed by atoms with van der Waals surface area (Å²) in [6.07, 6.45) is -1.21. The summed E-state index contributed by atoms with van der Waals surface area (Å²) in [7, 11) is -4.02. The molecule has 1 aliphatic rings. The van der Waals surface area contributed by atoms with Crippen LogP contribution in [0.25, 0.3) is 0 Å². The molecule has 1 aliphatic carbocycles. The van der Waals surface area contributed by atoms with Gasteiger partial charge in [-0.1, -0.05) is 6.58 Å². The van der Waals surface area contributed by atoms with Gasteiger partial charge in [0.25, 0.3) is 5.92 Å². The van der Waals surface area contributed by atoms with Gasteiger partial charge >= 0.3 is 0 Å². The number of alkyl halides is 3. The fourth-order valence-corrected chi connectivity index (χ4v) is 3.70. The van der Waals surface area contributed by atoms with E-state index in [1.54, 1.807) is 6.07 Å². The van der Waals surface area contributed by atoms with Crippen LogP contribution in [-0.4, -0.2) is 27.3 Å². The molecule has 0 amide bonds. The van der Waals surface area contributed by atoms with E-state index in [4.69, 9.17) is 15.3 Å². The molecule has 6 nitrogen and oxygen atoms in total. The third-order valence-corrected chi connectivity index (χ3v) is 5.87. The Hall–Kier alpha value is -3.15. The van der Waals surface area contributed by atoms with E-state index in [1.807, 2.05) is 0 Å². The average molecular weight is 441 g/mol. The fourth-order valence-electron chi connectivity index (χ4n) is 2.56. The molecule has 0 saturated carbocycles. The SMILES string of the molecule is C=C1CC(F)(F)[C@@H](O)C/C(S(=O)(CF)=NC#N)=C\C=C/1Oc1cc(F)cc(C#N)c1. The van der Waals surface area contributed by atoms with E-state index in [2.05, 4.69) is 10.9 Å². The largest absolute Gasteiger partial charge is 0.457 e. The molecule has 1 aromatic rings. The molecule has 1 aromatic carbocycles. The second kappa shape index (κ2) is 9.11. The Kier molecular flexibility index (Phi) is 7.03. The maximum atomic E-state index is 14.4. The third-order valence-electron chi connectivity index (χ3n) is 4.07. The van der Waals surface area contributed by atoms with Crippen molar-refractivity contribution in [3.8, 4) is 18.0 Å². The highest BCUT2D eigenvalue weighted by atomic mass is 32.2. The minimum absolute atomic E-state index is 0.0930. The summed E-state index contributed by atoms with van der Waals surface area (Å²) in [6, 6.07) is 3.05. The Morgan fingerprint density at radius 2 is 2.03 bits per heavy atom. The minimum atomic E-state index is -4.02. The van der Waals surface area contributed by atoms with E-state index in [-0.39, 0.29) is 22.6 Å². The molecule has 0 bridgehead atoms. The Bertz CT molecular complexity index is 1120. The van der Waals surface area contributed by atoms with Crippen molar-refractivity contribution in [2.24, 2.45) is 4.36 Å². The molecule has 2 rings (SSSR count). The smallest absolute Gasteiger partial charge is 0.277 e. The number of aliphatic hydroxyl groups excluding tert-OH is 1. The van der Waals surface area contributed by atoms with Gasteiger partial charge in [0.2, 0.25) is 6.19 Å². The number of aliphatic hydroxyl groups is 1. The highest BCUT2D eigenvalue weighted by Crippen LogP contribution is 2.36. The van der Waals surface area contributed by atoms with Crippen LogP contribution >= 0.6 is 0 Å². The maximum Gasteiger partial charge on any atom is 0.277 e. The predicted octanol–water partition coefficient (Wildman–Crippen LogP) is 4.07. The molecule has 158 valence electrons. The molecule has 11 heteroatoms. The molecule has 0 heterocycles. The van der Waals surface area contributed by atoms with Crippen LogP contribution < -0.4 is 4.74 Å². The Morgan fingerprint density at radius 3 is 2.63 bits per heavy atom. The summed E-state index contributed by atoms with van der Waals surface area (Å²) in [5, 5.41) is 27.5. The summed E-state index contributed by atoms with van der Waals surface area (Å²) in [5.74, 6) is -5.12. The van der Waals surface area contributed by atoms with Gasteiger partial charge in [-0.25, -0.2) is 21.8 Å². The van der Waals surface area contributed by atoms with Gasteiger partial charge in [-0.15, -0.1) is 4.36 Å². The predicted molar refractivity (Wildman–Crippen MR) is 99.4 cm³/mol. The highest BCUT2D eigenvalue weighted by Gasteiger charge is 2.41. The van der Waals surface area contributed by atoms with Gasteiger partial charge in [0.1, 0.15) is 33.2 Å². The van der Waals surface area contributed by atoms with Crippen molar-refractivity contribution in [2.75, 3.05) is 6.01 Å². The average Bonchev–Trinajstić information content (AvgIpc) is 2.71. The first-order chi connectivity index (χ1) is 14.0. The molecule has 0 spiro atoms. The second-order valence-electron chi connectivity index (χ2n) is 6.26. The van der Waals surface area contributed by atoms with E-state index in [0.29, 0.717) is 0 Å². The number of nitrogens with zero attached hydrogens (tertiary/aromatic N) is 3. The number of rotatable bonds is 4. The van der Waals surface area contributed by atoms with Crippen molar-refractivity contribution in [2.45, 2.75) is 24.9 Å². The summed E-state index contributed by atoms with van der Waals surface area (Å²) in [5.41, 5.74) is -0.396. The zero-order valence-corrected chi connectivity index (χ0v) is 16.1. The van der Waals surface area contributed by atoms with E-state index in [0.717, 1.165) is 30.4 Å². The van der Waals surface area contributed by atoms with Gasteiger partial charge in [-0.05, 0) is 29.9 Å². The number of halogens is 4. The van der Waals surface area contributed by atoms with Crippen LogP contribution in [0, 0.1) is 28.6 Å². The molecular weight excluding hydrogens is 426 g/mol. The molecule has 1 unspecified atom stereocenters. The van der Waals surface area contributed by atoms with E-state index >= 15 is 0 Å². The van der Waals surface area contributed by atoms with Crippen molar-refractivity contribution in [3.63, 3.8) is 0 Å². The summed E-state index contributed by atoms with van der Waals surface area (Å²) < 4.78 is 76.8. The molecule has 30 heavy (non-hydrogen) atoms. The van der Waals surface area contributed by atoms with Crippen LogP contribution in [0.2, 0.25) is 0 Å². The third kappa shape index (κ3) is 5.26. The molecule has 0 radical (unpaired) electrons. The topological polar surface area (TPSA) is 106 Å². The number of hydrogen-bond acceptors (Lipinski definition) is 6. The van der Waals surface area contributed by atoms with Crippen LogP contribution in [-0.2, 0) is 9.73 Å². The number of benzene rings is 1. The zero-order chi connectivity index (χ0) is 22.5. The molecule has 0 fully saturated rings. The zero-order valence-electron chi connectivity index (χ0n) is 15.3. The van der Waals surface area contributed by atoms with Crippen LogP contribution in [0.4, 0.5) is 17.6 Å². The second-order valence-corrected chi connectivity index (χ2v) is 8.46. The lowest BCUT2D eigenvalue weighted by atomic mass is 10.0. The highest BCUT2D eigenvalue weighted by molar-refractivity contribution is 7.97. The Labute approximate surface area is 170 Å². The van der Waals surface area contributed by atoms with E-state index < -0.39 is 51.3 Å².